The average molecular weight is 755 g/mol. The smallest absolute Gasteiger partial charge is 0.0456 e. The number of unbranched alkanes of at least 4 members (excludes halogenated alkanes) is 6. The monoisotopic (exact) mass is 755 g/mol. The van der Waals surface area contributed by atoms with Crippen molar-refractivity contribution >= 4 is 0 Å². The maximum Gasteiger partial charge on any atom is 0.0456 e. The summed E-state index contributed by atoms with van der Waals surface area (Å²) in [7, 11) is 0. The van der Waals surface area contributed by atoms with Gasteiger partial charge in [-0.2, -0.15) is 0 Å². The number of benzene rings is 1. The Balaban J connectivity index is -0.000000130. The van der Waals surface area contributed by atoms with E-state index < -0.39 is 0 Å². The topological polar surface area (TPSA) is 60.7 Å². The predicted octanol–water partition coefficient (Wildman–Crippen LogP) is 16.2. The van der Waals surface area contributed by atoms with E-state index in [1.807, 2.05) is 6.92 Å². The van der Waals surface area contributed by atoms with Crippen molar-refractivity contribution in [3.8, 4) is 0 Å². The first kappa shape index (κ1) is 64.0. The van der Waals surface area contributed by atoms with E-state index in [0.717, 1.165) is 61.7 Å². The lowest BCUT2D eigenvalue weighted by Crippen LogP contribution is -2.03. The summed E-state index contributed by atoms with van der Waals surface area (Å²) >= 11 is 0. The molecule has 0 saturated carbocycles. The number of hydrogen-bond acceptors (Lipinski definition) is 3. The second kappa shape index (κ2) is 55.4. The molecule has 1 rings (SSSR count). The number of hydrogen-bond donors (Lipinski definition) is 3. The fourth-order valence-electron chi connectivity index (χ4n) is 5.66. The molecule has 0 spiro atoms. The van der Waals surface area contributed by atoms with E-state index in [9.17, 15) is 0 Å². The van der Waals surface area contributed by atoms with Gasteiger partial charge in [-0.25, -0.2) is 0 Å². The SMILES string of the molecule is C.CC(C)CC(C)CC(C)C.CC(CO)CCCCO.CCCC.CCCC(CC)CCc1ccccc1.CCCCCCC(C)CC.CCCCO. The molecular formula is C50H106O3. The van der Waals surface area contributed by atoms with E-state index in [1.165, 1.54) is 102 Å². The first-order chi connectivity index (χ1) is 24.8. The molecule has 3 unspecified atom stereocenters. The minimum Gasteiger partial charge on any atom is -0.396 e. The molecule has 0 saturated heterocycles. The summed E-state index contributed by atoms with van der Waals surface area (Å²) in [6, 6.07) is 10.8. The first-order valence-electron chi connectivity index (χ1n) is 22.7. The fourth-order valence-corrected chi connectivity index (χ4v) is 5.66. The largest absolute Gasteiger partial charge is 0.396 e. The van der Waals surface area contributed by atoms with Gasteiger partial charge in [0, 0.05) is 19.8 Å². The van der Waals surface area contributed by atoms with Crippen LogP contribution >= 0.6 is 0 Å². The van der Waals surface area contributed by atoms with Crippen molar-refractivity contribution in [1.82, 2.24) is 0 Å². The molecule has 3 nitrogen and oxygen atoms in total. The molecule has 0 aliphatic carbocycles. The Morgan fingerprint density at radius 3 is 1.30 bits per heavy atom. The second-order valence-corrected chi connectivity index (χ2v) is 16.4. The first-order valence-corrected chi connectivity index (χ1v) is 22.7. The maximum absolute atomic E-state index is 8.57. The molecule has 1 aromatic carbocycles. The molecular weight excluding hydrogens is 649 g/mol. The van der Waals surface area contributed by atoms with Crippen LogP contribution in [0.5, 0.6) is 0 Å². The van der Waals surface area contributed by atoms with Crippen molar-refractivity contribution in [2.24, 2.45) is 35.5 Å². The van der Waals surface area contributed by atoms with Crippen LogP contribution in [-0.2, 0) is 6.42 Å². The predicted molar refractivity (Wildman–Crippen MR) is 246 cm³/mol. The number of aliphatic hydroxyl groups excluding tert-OH is 3. The standard InChI is InChI=1S/C14H22.2C10H22.C7H16O2.C4H10O.C4H10.CH4/c1-3-8-13(4-2)11-12-14-9-6-5-7-10-14;1-8(2)6-10(5)7-9(3)4;1-4-6-7-8-9-10(3)5-2;1-7(6-9)4-2-3-5-8;1-2-3-4-5;1-3-4-2;/h5-7,9-10,13H,3-4,8,11-12H2,1-2H3;8-10H,6-7H2,1-5H3;10H,4-9H2,1-3H3;7-9H,2-6H2,1H3;5H,2-4H2,1H3;3-4H2,1-2H3;1H4. The minimum atomic E-state index is 0. The van der Waals surface area contributed by atoms with Gasteiger partial charge in [-0.1, -0.05) is 218 Å². The Labute approximate surface area is 338 Å². The van der Waals surface area contributed by atoms with Crippen molar-refractivity contribution in [3.63, 3.8) is 0 Å². The van der Waals surface area contributed by atoms with E-state index in [1.54, 1.807) is 0 Å². The summed E-state index contributed by atoms with van der Waals surface area (Å²) in [4.78, 5) is 0. The zero-order valence-electron chi connectivity index (χ0n) is 38.5. The molecule has 0 aliphatic rings. The highest BCUT2D eigenvalue weighted by Gasteiger charge is 2.06. The van der Waals surface area contributed by atoms with Crippen molar-refractivity contribution in [2.75, 3.05) is 19.8 Å². The lowest BCUT2D eigenvalue weighted by Gasteiger charge is -2.15. The molecule has 0 bridgehead atoms. The average Bonchev–Trinajstić information content (AvgIpc) is 3.13. The van der Waals surface area contributed by atoms with E-state index in [4.69, 9.17) is 15.3 Å². The van der Waals surface area contributed by atoms with Gasteiger partial charge in [-0.15, -0.1) is 0 Å². The van der Waals surface area contributed by atoms with E-state index in [0.29, 0.717) is 12.5 Å². The van der Waals surface area contributed by atoms with Gasteiger partial charge in [0.1, 0.15) is 0 Å². The van der Waals surface area contributed by atoms with Crippen LogP contribution in [0.1, 0.15) is 232 Å². The van der Waals surface area contributed by atoms with Crippen LogP contribution in [0.3, 0.4) is 0 Å². The Morgan fingerprint density at radius 1 is 0.453 bits per heavy atom. The Kier molecular flexibility index (Phi) is 67.0. The molecule has 0 amide bonds. The van der Waals surface area contributed by atoms with Gasteiger partial charge >= 0.3 is 0 Å². The lowest BCUT2D eigenvalue weighted by molar-refractivity contribution is 0.220. The molecule has 3 atom stereocenters. The quantitative estimate of drug-likeness (QED) is 0.0921. The Hall–Kier alpha value is -0.900. The summed E-state index contributed by atoms with van der Waals surface area (Å²) in [6.45, 7) is 32.4. The zero-order valence-corrected chi connectivity index (χ0v) is 38.5. The highest BCUT2D eigenvalue weighted by atomic mass is 16.3. The molecule has 3 heteroatoms. The summed E-state index contributed by atoms with van der Waals surface area (Å²) in [5, 5.41) is 25.0. The van der Waals surface area contributed by atoms with Crippen LogP contribution in [0, 0.1) is 35.5 Å². The summed E-state index contributed by atoms with van der Waals surface area (Å²) in [6.07, 6.45) is 25.5. The van der Waals surface area contributed by atoms with Crippen LogP contribution in [-0.4, -0.2) is 35.1 Å². The Morgan fingerprint density at radius 2 is 0.943 bits per heavy atom. The maximum atomic E-state index is 8.57. The van der Waals surface area contributed by atoms with Crippen LogP contribution in [0.2, 0.25) is 0 Å². The van der Waals surface area contributed by atoms with E-state index in [-0.39, 0.29) is 20.6 Å². The summed E-state index contributed by atoms with van der Waals surface area (Å²) in [5.41, 5.74) is 1.49. The van der Waals surface area contributed by atoms with Gasteiger partial charge in [0.25, 0.3) is 0 Å². The van der Waals surface area contributed by atoms with Crippen molar-refractivity contribution in [3.05, 3.63) is 35.9 Å². The van der Waals surface area contributed by atoms with Crippen molar-refractivity contribution < 1.29 is 15.3 Å². The number of rotatable bonds is 24. The molecule has 0 radical (unpaired) electrons. The van der Waals surface area contributed by atoms with E-state index >= 15 is 0 Å². The van der Waals surface area contributed by atoms with Gasteiger partial charge in [0.05, 0.1) is 0 Å². The van der Waals surface area contributed by atoms with Crippen LogP contribution in [0.25, 0.3) is 0 Å². The van der Waals surface area contributed by atoms with Gasteiger partial charge < -0.3 is 15.3 Å². The fraction of sp³-hybridized carbons (Fsp3) is 0.880. The lowest BCUT2D eigenvalue weighted by atomic mass is 9.91. The van der Waals surface area contributed by atoms with Gasteiger partial charge in [-0.05, 0) is 86.0 Å². The molecule has 0 aromatic heterocycles. The van der Waals surface area contributed by atoms with E-state index in [2.05, 4.69) is 120 Å². The second-order valence-electron chi connectivity index (χ2n) is 16.4. The third-order valence-electron chi connectivity index (χ3n) is 9.38. The van der Waals surface area contributed by atoms with Gasteiger partial charge in [0.2, 0.25) is 0 Å². The van der Waals surface area contributed by atoms with Crippen molar-refractivity contribution in [2.45, 2.75) is 233 Å². The molecule has 53 heavy (non-hydrogen) atoms. The molecule has 0 fully saturated rings. The Bertz CT molecular complexity index is 675. The highest BCUT2D eigenvalue weighted by molar-refractivity contribution is 5.14. The highest BCUT2D eigenvalue weighted by Crippen LogP contribution is 2.19. The molecule has 1 aromatic rings. The molecule has 324 valence electrons. The van der Waals surface area contributed by atoms with Crippen molar-refractivity contribution in [1.29, 1.82) is 0 Å². The summed E-state index contributed by atoms with van der Waals surface area (Å²) < 4.78 is 0. The normalized spacial score (nSPS) is 11.8. The zero-order chi connectivity index (χ0) is 40.8. The molecule has 0 aliphatic heterocycles. The van der Waals surface area contributed by atoms with Gasteiger partial charge in [-0.3, -0.25) is 0 Å². The number of aryl methyl sites for hydroxylation is 1. The van der Waals surface area contributed by atoms with Gasteiger partial charge in [0.15, 0.2) is 0 Å². The molecule has 3 N–H and O–H groups in total. The van der Waals surface area contributed by atoms with Crippen LogP contribution < -0.4 is 0 Å². The molecule has 0 heterocycles. The summed E-state index contributed by atoms with van der Waals surface area (Å²) in [5.74, 6) is 4.94. The third-order valence-corrected chi connectivity index (χ3v) is 9.38. The number of aliphatic hydroxyl groups is 3. The minimum absolute atomic E-state index is 0. The van der Waals surface area contributed by atoms with Crippen LogP contribution in [0.15, 0.2) is 30.3 Å². The van der Waals surface area contributed by atoms with Crippen LogP contribution in [0.4, 0.5) is 0 Å². The third kappa shape index (κ3) is 66.3.